The van der Waals surface area contributed by atoms with Gasteiger partial charge in [0.15, 0.2) is 0 Å². The predicted molar refractivity (Wildman–Crippen MR) is 88.9 cm³/mol. The summed E-state index contributed by atoms with van der Waals surface area (Å²) in [7, 11) is 3.99. The number of nitrogens with zero attached hydrogens (tertiary/aromatic N) is 3. The first-order chi connectivity index (χ1) is 10.0. The first-order valence-electron chi connectivity index (χ1n) is 7.22. The van der Waals surface area contributed by atoms with Gasteiger partial charge in [-0.25, -0.2) is 0 Å². The zero-order chi connectivity index (χ0) is 15.4. The second kappa shape index (κ2) is 6.96. The number of nitrogens with one attached hydrogen (secondary N) is 1. The van der Waals surface area contributed by atoms with Crippen LogP contribution in [-0.4, -0.2) is 23.4 Å². The molecule has 0 aliphatic carbocycles. The highest BCUT2D eigenvalue weighted by molar-refractivity contribution is 6.31. The second-order valence-electron chi connectivity index (χ2n) is 5.36. The van der Waals surface area contributed by atoms with Crippen LogP contribution in [0.25, 0.3) is 0 Å². The molecule has 0 amide bonds. The molecule has 0 aliphatic rings. The number of benzene rings is 1. The topological polar surface area (TPSA) is 33.1 Å². The van der Waals surface area contributed by atoms with E-state index in [4.69, 9.17) is 11.6 Å². The number of anilines is 1. The second-order valence-corrected chi connectivity index (χ2v) is 5.77. The number of hydrogen-bond acceptors (Lipinski definition) is 3. The minimum Gasteiger partial charge on any atom is -0.370 e. The number of aryl methyl sites for hydroxylation is 1. The molecule has 1 N–H and O–H groups in total. The largest absolute Gasteiger partial charge is 0.370 e. The molecule has 21 heavy (non-hydrogen) atoms. The van der Waals surface area contributed by atoms with Crippen LogP contribution in [0.1, 0.15) is 31.0 Å². The van der Waals surface area contributed by atoms with Gasteiger partial charge in [-0.15, -0.1) is 0 Å². The quantitative estimate of drug-likeness (QED) is 0.888. The van der Waals surface area contributed by atoms with Crippen molar-refractivity contribution in [2.45, 2.75) is 26.4 Å². The highest BCUT2D eigenvalue weighted by Crippen LogP contribution is 2.28. The van der Waals surface area contributed by atoms with Gasteiger partial charge in [-0.3, -0.25) is 4.68 Å². The molecule has 1 unspecified atom stereocenters. The van der Waals surface area contributed by atoms with E-state index >= 15 is 0 Å². The lowest BCUT2D eigenvalue weighted by Crippen LogP contribution is -2.19. The van der Waals surface area contributed by atoms with Gasteiger partial charge in [-0.2, -0.15) is 5.10 Å². The maximum Gasteiger partial charge on any atom is 0.0539 e. The molecule has 2 aromatic rings. The highest BCUT2D eigenvalue weighted by Gasteiger charge is 2.11. The number of halogens is 1. The van der Waals surface area contributed by atoms with E-state index in [2.05, 4.69) is 48.3 Å². The summed E-state index contributed by atoms with van der Waals surface area (Å²) >= 11 is 6.43. The predicted octanol–water partition coefficient (Wildman–Crippen LogP) is 3.38. The zero-order valence-corrected chi connectivity index (χ0v) is 13.9. The van der Waals surface area contributed by atoms with Gasteiger partial charge in [0.05, 0.1) is 6.20 Å². The van der Waals surface area contributed by atoms with Crippen molar-refractivity contribution in [2.24, 2.45) is 7.05 Å². The molecule has 4 nitrogen and oxygen atoms in total. The van der Waals surface area contributed by atoms with E-state index in [-0.39, 0.29) is 6.04 Å². The van der Waals surface area contributed by atoms with Gasteiger partial charge in [0.1, 0.15) is 0 Å². The van der Waals surface area contributed by atoms with Crippen LogP contribution >= 0.6 is 11.6 Å². The van der Waals surface area contributed by atoms with Crippen LogP contribution in [-0.2, 0) is 13.6 Å². The van der Waals surface area contributed by atoms with Crippen LogP contribution < -0.4 is 10.2 Å². The Morgan fingerprint density at radius 2 is 2.19 bits per heavy atom. The molecular formula is C16H23ClN4. The Labute approximate surface area is 131 Å². The van der Waals surface area contributed by atoms with E-state index in [0.717, 1.165) is 29.4 Å². The van der Waals surface area contributed by atoms with E-state index in [9.17, 15) is 0 Å². The van der Waals surface area contributed by atoms with Crippen LogP contribution in [0.4, 0.5) is 5.69 Å². The van der Waals surface area contributed by atoms with Crippen LogP contribution in [0.5, 0.6) is 0 Å². The normalized spacial score (nSPS) is 12.4. The molecule has 5 heteroatoms. The average Bonchev–Trinajstić information content (AvgIpc) is 2.84. The molecule has 2 rings (SSSR count). The van der Waals surface area contributed by atoms with E-state index in [0.29, 0.717) is 0 Å². The molecule has 0 bridgehead atoms. The Morgan fingerprint density at radius 1 is 1.43 bits per heavy atom. The Bertz CT molecular complexity index is 594. The van der Waals surface area contributed by atoms with Crippen molar-refractivity contribution in [3.05, 3.63) is 46.7 Å². The van der Waals surface area contributed by atoms with E-state index in [1.54, 1.807) is 0 Å². The molecular weight excluding hydrogens is 284 g/mol. The van der Waals surface area contributed by atoms with E-state index < -0.39 is 0 Å². The molecule has 0 saturated heterocycles. The van der Waals surface area contributed by atoms with Gasteiger partial charge in [-0.1, -0.05) is 24.6 Å². The fraction of sp³-hybridized carbons (Fsp3) is 0.438. The highest BCUT2D eigenvalue weighted by atomic mass is 35.5. The third kappa shape index (κ3) is 3.99. The summed E-state index contributed by atoms with van der Waals surface area (Å²) in [5.41, 5.74) is 3.43. The summed E-state index contributed by atoms with van der Waals surface area (Å²) in [6.07, 6.45) is 3.92. The van der Waals surface area contributed by atoms with Crippen molar-refractivity contribution in [3.63, 3.8) is 0 Å². The summed E-state index contributed by atoms with van der Waals surface area (Å²) in [6.45, 7) is 5.97. The van der Waals surface area contributed by atoms with Crippen molar-refractivity contribution >= 4 is 17.3 Å². The third-order valence-corrected chi connectivity index (χ3v) is 3.91. The maximum atomic E-state index is 6.43. The van der Waals surface area contributed by atoms with Gasteiger partial charge < -0.3 is 10.2 Å². The Morgan fingerprint density at radius 3 is 2.76 bits per heavy atom. The van der Waals surface area contributed by atoms with Crippen molar-refractivity contribution in [1.82, 2.24) is 15.1 Å². The minimum absolute atomic E-state index is 0.264. The maximum absolute atomic E-state index is 6.43. The van der Waals surface area contributed by atoms with Crippen LogP contribution in [0.15, 0.2) is 30.6 Å². The first kappa shape index (κ1) is 15.9. The Hall–Kier alpha value is -1.52. The molecule has 0 fully saturated rings. The van der Waals surface area contributed by atoms with Gasteiger partial charge in [-0.05, 0) is 31.2 Å². The average molecular weight is 307 g/mol. The van der Waals surface area contributed by atoms with Crippen LogP contribution in [0, 0.1) is 0 Å². The molecule has 0 spiro atoms. The Kier molecular flexibility index (Phi) is 5.26. The van der Waals surface area contributed by atoms with E-state index in [1.165, 1.54) is 5.56 Å². The zero-order valence-electron chi connectivity index (χ0n) is 13.1. The molecule has 1 aromatic carbocycles. The fourth-order valence-electron chi connectivity index (χ4n) is 2.44. The van der Waals surface area contributed by atoms with Gasteiger partial charge >= 0.3 is 0 Å². The molecule has 1 aromatic heterocycles. The van der Waals surface area contributed by atoms with Crippen molar-refractivity contribution in [1.29, 1.82) is 0 Å². The molecule has 1 heterocycles. The minimum atomic E-state index is 0.264. The first-order valence-corrected chi connectivity index (χ1v) is 7.60. The van der Waals surface area contributed by atoms with Crippen molar-refractivity contribution in [3.8, 4) is 0 Å². The van der Waals surface area contributed by atoms with Crippen molar-refractivity contribution < 1.29 is 0 Å². The number of rotatable bonds is 6. The fourth-order valence-corrected chi connectivity index (χ4v) is 2.78. The molecule has 114 valence electrons. The smallest absolute Gasteiger partial charge is 0.0539 e. The molecule has 1 atom stereocenters. The van der Waals surface area contributed by atoms with Crippen LogP contribution in [0.2, 0.25) is 5.02 Å². The van der Waals surface area contributed by atoms with Crippen molar-refractivity contribution in [2.75, 3.05) is 18.5 Å². The third-order valence-electron chi connectivity index (χ3n) is 3.58. The van der Waals surface area contributed by atoms with Gasteiger partial charge in [0.2, 0.25) is 0 Å². The monoisotopic (exact) mass is 306 g/mol. The lowest BCUT2D eigenvalue weighted by Gasteiger charge is -2.21. The lowest BCUT2D eigenvalue weighted by atomic mass is 10.1. The van der Waals surface area contributed by atoms with E-state index in [1.807, 2.05) is 30.2 Å². The summed E-state index contributed by atoms with van der Waals surface area (Å²) in [5.74, 6) is 0. The molecule has 0 saturated carbocycles. The summed E-state index contributed by atoms with van der Waals surface area (Å²) in [6, 6.07) is 6.51. The van der Waals surface area contributed by atoms with Crippen LogP contribution in [0.3, 0.4) is 0 Å². The summed E-state index contributed by atoms with van der Waals surface area (Å²) < 4.78 is 1.82. The molecule has 0 radical (unpaired) electrons. The van der Waals surface area contributed by atoms with Gasteiger partial charge in [0.25, 0.3) is 0 Å². The lowest BCUT2D eigenvalue weighted by molar-refractivity contribution is 0.598. The molecule has 0 aliphatic heterocycles. The SMILES string of the molecule is CCNC(C)c1ccc(N(C)Cc2cnn(C)c2)cc1Cl. The summed E-state index contributed by atoms with van der Waals surface area (Å²) in [5, 5.41) is 8.38. The number of aromatic nitrogens is 2. The number of hydrogen-bond donors (Lipinski definition) is 1. The Balaban J connectivity index is 2.11. The summed E-state index contributed by atoms with van der Waals surface area (Å²) in [4.78, 5) is 2.17. The standard InChI is InChI=1S/C16H23ClN4/c1-5-18-12(2)15-7-6-14(8-16(15)17)20(3)10-13-9-19-21(4)11-13/h6-9,11-12,18H,5,10H2,1-4H3. The van der Waals surface area contributed by atoms with Gasteiger partial charge in [0, 0.05) is 49.2 Å².